The number of aromatic nitrogens is 1. The van der Waals surface area contributed by atoms with Crippen LogP contribution in [0.4, 0.5) is 0 Å². The third-order valence-electron chi connectivity index (χ3n) is 2.48. The number of hydrogen-bond donors (Lipinski definition) is 1. The van der Waals surface area contributed by atoms with Crippen LogP contribution in [0.15, 0.2) is 27.2 Å². The summed E-state index contributed by atoms with van der Waals surface area (Å²) in [6.07, 6.45) is 0. The highest BCUT2D eigenvalue weighted by molar-refractivity contribution is 9.10. The number of hydrogen-bond acceptors (Lipinski definition) is 5. The first-order valence-corrected chi connectivity index (χ1v) is 5.74. The summed E-state index contributed by atoms with van der Waals surface area (Å²) in [5.74, 6) is -0.167. The summed E-state index contributed by atoms with van der Waals surface area (Å²) in [6, 6.07) is 4.84. The molecule has 1 aliphatic heterocycles. The fraction of sp³-hybridized carbons (Fsp3) is 0.0909. The van der Waals surface area contributed by atoms with Crippen molar-refractivity contribution in [2.75, 3.05) is 6.79 Å². The lowest BCUT2D eigenvalue weighted by Gasteiger charge is -2.03. The van der Waals surface area contributed by atoms with E-state index in [0.717, 1.165) is 0 Å². The smallest absolute Gasteiger partial charge is 0.374 e. The molecule has 0 atom stereocenters. The molecular formula is C11H6BrNO5. The number of ether oxygens (including phenoxy) is 2. The quantitative estimate of drug-likeness (QED) is 0.917. The van der Waals surface area contributed by atoms with Crippen LogP contribution in [-0.2, 0) is 0 Å². The minimum absolute atomic E-state index is 0.163. The molecule has 0 saturated carbocycles. The lowest BCUT2D eigenvalue weighted by Crippen LogP contribution is -1.93. The molecule has 2 aromatic rings. The standard InChI is InChI=1S/C11H6BrNO5/c12-9-5(1-2-7-10(9)17-4-16-7)6-3-8(11(14)15)18-13-6/h1-3H,4H2,(H,14,15). The SMILES string of the molecule is O=C(O)c1cc(-c2ccc3c(c2Br)OCO3)no1. The maximum atomic E-state index is 10.7. The van der Waals surface area contributed by atoms with E-state index in [1.54, 1.807) is 12.1 Å². The Morgan fingerprint density at radius 1 is 1.39 bits per heavy atom. The van der Waals surface area contributed by atoms with Crippen LogP contribution in [0.2, 0.25) is 0 Å². The Morgan fingerprint density at radius 2 is 2.22 bits per heavy atom. The summed E-state index contributed by atoms with van der Waals surface area (Å²) in [6.45, 7) is 0.163. The van der Waals surface area contributed by atoms with E-state index < -0.39 is 5.97 Å². The molecule has 7 heteroatoms. The molecule has 0 unspecified atom stereocenters. The van der Waals surface area contributed by atoms with E-state index in [4.69, 9.17) is 19.1 Å². The second-order valence-corrected chi connectivity index (χ2v) is 4.34. The second-order valence-electron chi connectivity index (χ2n) is 3.54. The van der Waals surface area contributed by atoms with Gasteiger partial charge in [0.05, 0.1) is 4.47 Å². The number of carboxylic acids is 1. The third kappa shape index (κ3) is 1.63. The summed E-state index contributed by atoms with van der Waals surface area (Å²) in [4.78, 5) is 10.7. The molecule has 2 heterocycles. The average Bonchev–Trinajstić information content (AvgIpc) is 2.97. The summed E-state index contributed by atoms with van der Waals surface area (Å²) in [5, 5.41) is 12.5. The fourth-order valence-electron chi connectivity index (χ4n) is 1.64. The molecule has 0 fully saturated rings. The maximum absolute atomic E-state index is 10.7. The molecule has 0 radical (unpaired) electrons. The van der Waals surface area contributed by atoms with Crippen LogP contribution in [0.25, 0.3) is 11.3 Å². The fourth-order valence-corrected chi connectivity index (χ4v) is 2.28. The predicted octanol–water partition coefficient (Wildman–Crippen LogP) is 2.53. The van der Waals surface area contributed by atoms with E-state index in [9.17, 15) is 4.79 Å². The molecule has 1 aromatic heterocycles. The van der Waals surface area contributed by atoms with Gasteiger partial charge in [-0.3, -0.25) is 0 Å². The highest BCUT2D eigenvalue weighted by atomic mass is 79.9. The molecule has 1 aliphatic rings. The Morgan fingerprint density at radius 3 is 2.94 bits per heavy atom. The van der Waals surface area contributed by atoms with Crippen molar-refractivity contribution in [1.82, 2.24) is 5.16 Å². The van der Waals surface area contributed by atoms with Crippen LogP contribution in [0.1, 0.15) is 10.6 Å². The molecule has 18 heavy (non-hydrogen) atoms. The maximum Gasteiger partial charge on any atom is 0.374 e. The predicted molar refractivity (Wildman–Crippen MR) is 62.7 cm³/mol. The van der Waals surface area contributed by atoms with Gasteiger partial charge in [-0.2, -0.15) is 0 Å². The summed E-state index contributed by atoms with van der Waals surface area (Å²) in [5.41, 5.74) is 1.09. The number of fused-ring (bicyclic) bond motifs is 1. The van der Waals surface area contributed by atoms with Crippen LogP contribution >= 0.6 is 15.9 Å². The third-order valence-corrected chi connectivity index (χ3v) is 3.26. The van der Waals surface area contributed by atoms with E-state index in [-0.39, 0.29) is 12.6 Å². The molecular weight excluding hydrogens is 306 g/mol. The molecule has 1 aromatic carbocycles. The molecule has 3 rings (SSSR count). The monoisotopic (exact) mass is 311 g/mol. The van der Waals surface area contributed by atoms with Crippen molar-refractivity contribution in [2.45, 2.75) is 0 Å². The van der Waals surface area contributed by atoms with Gasteiger partial charge in [-0.25, -0.2) is 4.79 Å². The van der Waals surface area contributed by atoms with Crippen molar-refractivity contribution in [3.63, 3.8) is 0 Å². The molecule has 1 N–H and O–H groups in total. The van der Waals surface area contributed by atoms with E-state index in [1.165, 1.54) is 6.07 Å². The largest absolute Gasteiger partial charge is 0.475 e. The molecule has 92 valence electrons. The van der Waals surface area contributed by atoms with E-state index >= 15 is 0 Å². The van der Waals surface area contributed by atoms with Crippen molar-refractivity contribution in [3.05, 3.63) is 28.4 Å². The molecule has 0 saturated heterocycles. The highest BCUT2D eigenvalue weighted by Crippen LogP contribution is 2.44. The van der Waals surface area contributed by atoms with Gasteiger partial charge in [0.25, 0.3) is 0 Å². The van der Waals surface area contributed by atoms with Crippen molar-refractivity contribution in [3.8, 4) is 22.8 Å². The number of benzene rings is 1. The summed E-state index contributed by atoms with van der Waals surface area (Å²) in [7, 11) is 0. The molecule has 0 spiro atoms. The molecule has 0 bridgehead atoms. The normalized spacial score (nSPS) is 12.7. The van der Waals surface area contributed by atoms with Crippen LogP contribution in [0, 0.1) is 0 Å². The zero-order chi connectivity index (χ0) is 12.7. The minimum Gasteiger partial charge on any atom is -0.475 e. The van der Waals surface area contributed by atoms with Crippen molar-refractivity contribution < 1.29 is 23.9 Å². The van der Waals surface area contributed by atoms with Gasteiger partial charge in [0, 0.05) is 11.6 Å². The van der Waals surface area contributed by atoms with Gasteiger partial charge in [-0.15, -0.1) is 0 Å². The van der Waals surface area contributed by atoms with Crippen molar-refractivity contribution in [2.24, 2.45) is 0 Å². The number of halogens is 1. The van der Waals surface area contributed by atoms with Gasteiger partial charge in [0.2, 0.25) is 12.6 Å². The average molecular weight is 312 g/mol. The lowest BCUT2D eigenvalue weighted by molar-refractivity contribution is 0.0652. The van der Waals surface area contributed by atoms with Gasteiger partial charge in [0.1, 0.15) is 5.69 Å². The molecule has 0 aliphatic carbocycles. The summed E-state index contributed by atoms with van der Waals surface area (Å²) < 4.78 is 15.9. The van der Waals surface area contributed by atoms with Crippen molar-refractivity contribution in [1.29, 1.82) is 0 Å². The number of carbonyl (C=O) groups is 1. The lowest BCUT2D eigenvalue weighted by atomic mass is 10.1. The van der Waals surface area contributed by atoms with Gasteiger partial charge in [-0.05, 0) is 28.1 Å². The Labute approximate surface area is 109 Å². The highest BCUT2D eigenvalue weighted by Gasteiger charge is 2.22. The second kappa shape index (κ2) is 4.02. The number of rotatable bonds is 2. The van der Waals surface area contributed by atoms with E-state index in [2.05, 4.69) is 21.1 Å². The minimum atomic E-state index is -1.16. The first-order valence-electron chi connectivity index (χ1n) is 4.95. The topological polar surface area (TPSA) is 81.8 Å². The van der Waals surface area contributed by atoms with Crippen LogP contribution < -0.4 is 9.47 Å². The van der Waals surface area contributed by atoms with Crippen LogP contribution in [-0.4, -0.2) is 23.0 Å². The van der Waals surface area contributed by atoms with Crippen molar-refractivity contribution >= 4 is 21.9 Å². The molecule has 6 nitrogen and oxygen atoms in total. The zero-order valence-corrected chi connectivity index (χ0v) is 10.4. The van der Waals surface area contributed by atoms with Gasteiger partial charge in [0.15, 0.2) is 11.5 Å². The molecule has 0 amide bonds. The van der Waals surface area contributed by atoms with Gasteiger partial charge < -0.3 is 19.1 Å². The van der Waals surface area contributed by atoms with Crippen LogP contribution in [0.5, 0.6) is 11.5 Å². The number of carboxylic acid groups (broad SMARTS) is 1. The summed E-state index contributed by atoms with van der Waals surface area (Å²) >= 11 is 3.38. The van der Waals surface area contributed by atoms with E-state index in [1.807, 2.05) is 0 Å². The Balaban J connectivity index is 2.09. The number of nitrogens with zero attached hydrogens (tertiary/aromatic N) is 1. The Kier molecular flexibility index (Phi) is 2.48. The zero-order valence-electron chi connectivity index (χ0n) is 8.84. The Hall–Kier alpha value is -2.02. The first kappa shape index (κ1) is 11.1. The Bertz CT molecular complexity index is 636. The van der Waals surface area contributed by atoms with E-state index in [0.29, 0.717) is 27.2 Å². The number of aromatic carboxylic acids is 1. The van der Waals surface area contributed by atoms with Crippen LogP contribution in [0.3, 0.4) is 0 Å². The first-order chi connectivity index (χ1) is 8.66. The van der Waals surface area contributed by atoms with Gasteiger partial charge in [-0.1, -0.05) is 5.16 Å². The van der Waals surface area contributed by atoms with Gasteiger partial charge >= 0.3 is 5.97 Å².